The number of benzene rings is 2. The van der Waals surface area contributed by atoms with E-state index in [-0.39, 0.29) is 11.9 Å². The molecule has 1 amide bonds. The van der Waals surface area contributed by atoms with Crippen LogP contribution in [0.2, 0.25) is 0 Å². The minimum atomic E-state index is -0.0255. The standard InChI is InChI=1S/C27H31NO3/c1-3-30-25-17-26-23(24(18-31-26)20-11-7-6-8-12-20)16-22(25)19(2)15-27(29)28-21-13-9-4-5-10-14-21/h6-8,11-12,15-18,21H,3-5,9-10,13-14H2,1-2H3,(H,28,29)/b19-15+. The molecule has 1 heterocycles. The van der Waals surface area contributed by atoms with Gasteiger partial charge in [-0.05, 0) is 43.9 Å². The van der Waals surface area contributed by atoms with Crippen molar-refractivity contribution in [1.29, 1.82) is 0 Å². The molecule has 4 heteroatoms. The fraction of sp³-hybridized carbons (Fsp3) is 0.370. The van der Waals surface area contributed by atoms with Crippen molar-refractivity contribution in [3.8, 4) is 16.9 Å². The second-order valence-corrected chi connectivity index (χ2v) is 8.32. The highest BCUT2D eigenvalue weighted by Crippen LogP contribution is 2.37. The molecule has 1 aromatic heterocycles. The number of amides is 1. The summed E-state index contributed by atoms with van der Waals surface area (Å²) in [6.45, 7) is 4.48. The fourth-order valence-corrected chi connectivity index (χ4v) is 4.42. The Hall–Kier alpha value is -3.01. The first-order valence-electron chi connectivity index (χ1n) is 11.4. The molecule has 1 N–H and O–H groups in total. The first kappa shape index (κ1) is 21.2. The van der Waals surface area contributed by atoms with E-state index in [1.807, 2.05) is 38.1 Å². The summed E-state index contributed by atoms with van der Waals surface area (Å²) in [4.78, 5) is 12.7. The van der Waals surface area contributed by atoms with Gasteiger partial charge < -0.3 is 14.5 Å². The van der Waals surface area contributed by atoms with Crippen molar-refractivity contribution in [2.24, 2.45) is 0 Å². The van der Waals surface area contributed by atoms with E-state index < -0.39 is 0 Å². The molecule has 0 atom stereocenters. The largest absolute Gasteiger partial charge is 0.493 e. The van der Waals surface area contributed by atoms with E-state index in [2.05, 4.69) is 23.5 Å². The Bertz CT molecular complexity index is 1060. The van der Waals surface area contributed by atoms with E-state index in [1.54, 1.807) is 12.3 Å². The van der Waals surface area contributed by atoms with Crippen LogP contribution in [-0.4, -0.2) is 18.6 Å². The van der Waals surface area contributed by atoms with Gasteiger partial charge in [-0.3, -0.25) is 4.79 Å². The average molecular weight is 418 g/mol. The summed E-state index contributed by atoms with van der Waals surface area (Å²) in [5.74, 6) is 0.711. The van der Waals surface area contributed by atoms with Gasteiger partial charge in [-0.25, -0.2) is 0 Å². The maximum Gasteiger partial charge on any atom is 0.244 e. The highest BCUT2D eigenvalue weighted by Gasteiger charge is 2.17. The maximum atomic E-state index is 12.7. The van der Waals surface area contributed by atoms with E-state index >= 15 is 0 Å². The number of hydrogen-bond acceptors (Lipinski definition) is 3. The highest BCUT2D eigenvalue weighted by atomic mass is 16.5. The van der Waals surface area contributed by atoms with Gasteiger partial charge in [0.05, 0.1) is 12.9 Å². The number of allylic oxidation sites excluding steroid dienone is 1. The Kier molecular flexibility index (Phi) is 6.76. The molecule has 4 nitrogen and oxygen atoms in total. The quantitative estimate of drug-likeness (QED) is 0.357. The third-order valence-corrected chi connectivity index (χ3v) is 6.03. The number of ether oxygens (including phenoxy) is 1. The zero-order valence-corrected chi connectivity index (χ0v) is 18.4. The summed E-state index contributed by atoms with van der Waals surface area (Å²) in [7, 11) is 0. The Morgan fingerprint density at radius 1 is 1.13 bits per heavy atom. The average Bonchev–Trinajstić information content (AvgIpc) is 3.01. The first-order valence-corrected chi connectivity index (χ1v) is 11.4. The number of carbonyl (C=O) groups excluding carboxylic acids is 1. The lowest BCUT2D eigenvalue weighted by Crippen LogP contribution is -2.33. The van der Waals surface area contributed by atoms with Crippen LogP contribution in [0.3, 0.4) is 0 Å². The van der Waals surface area contributed by atoms with Crippen LogP contribution in [0, 0.1) is 0 Å². The smallest absolute Gasteiger partial charge is 0.244 e. The maximum absolute atomic E-state index is 12.7. The molecular weight excluding hydrogens is 386 g/mol. The predicted molar refractivity (Wildman–Crippen MR) is 126 cm³/mol. The predicted octanol–water partition coefficient (Wildman–Crippen LogP) is 6.74. The summed E-state index contributed by atoms with van der Waals surface area (Å²) in [5, 5.41) is 4.22. The molecule has 3 aromatic rings. The monoisotopic (exact) mass is 417 g/mol. The van der Waals surface area contributed by atoms with Crippen LogP contribution in [0.1, 0.15) is 57.9 Å². The fourth-order valence-electron chi connectivity index (χ4n) is 4.42. The molecule has 2 aromatic carbocycles. The minimum absolute atomic E-state index is 0.0255. The molecule has 1 aliphatic carbocycles. The number of hydrogen-bond donors (Lipinski definition) is 1. The summed E-state index contributed by atoms with van der Waals surface area (Å²) >= 11 is 0. The van der Waals surface area contributed by atoms with Gasteiger partial charge in [0, 0.05) is 34.7 Å². The van der Waals surface area contributed by atoms with Crippen molar-refractivity contribution in [2.45, 2.75) is 58.4 Å². The van der Waals surface area contributed by atoms with Gasteiger partial charge >= 0.3 is 0 Å². The molecule has 31 heavy (non-hydrogen) atoms. The normalized spacial score (nSPS) is 15.6. The summed E-state index contributed by atoms with van der Waals surface area (Å²) in [5.41, 5.74) is 4.72. The lowest BCUT2D eigenvalue weighted by Gasteiger charge is -2.16. The molecule has 0 bridgehead atoms. The molecule has 4 rings (SSSR count). The van der Waals surface area contributed by atoms with Crippen molar-refractivity contribution in [3.05, 3.63) is 60.4 Å². The van der Waals surface area contributed by atoms with Gasteiger partial charge in [0.25, 0.3) is 0 Å². The van der Waals surface area contributed by atoms with Crippen LogP contribution in [0.4, 0.5) is 0 Å². The molecule has 162 valence electrons. The first-order chi connectivity index (χ1) is 15.2. The van der Waals surface area contributed by atoms with Gasteiger partial charge in [-0.1, -0.05) is 56.0 Å². The number of rotatable bonds is 6. The summed E-state index contributed by atoms with van der Waals surface area (Å²) in [6, 6.07) is 14.5. The van der Waals surface area contributed by atoms with E-state index in [0.717, 1.165) is 51.8 Å². The molecule has 0 unspecified atom stereocenters. The summed E-state index contributed by atoms with van der Waals surface area (Å²) in [6.07, 6.45) is 10.6. The van der Waals surface area contributed by atoms with Gasteiger partial charge in [0.1, 0.15) is 11.3 Å². The van der Waals surface area contributed by atoms with E-state index in [9.17, 15) is 4.79 Å². The zero-order chi connectivity index (χ0) is 21.6. The number of nitrogens with one attached hydrogen (secondary N) is 1. The molecule has 0 saturated heterocycles. The molecule has 1 saturated carbocycles. The second kappa shape index (κ2) is 9.86. The second-order valence-electron chi connectivity index (χ2n) is 8.32. The Morgan fingerprint density at radius 3 is 2.58 bits per heavy atom. The van der Waals surface area contributed by atoms with E-state index in [4.69, 9.17) is 9.15 Å². The zero-order valence-electron chi connectivity index (χ0n) is 18.4. The van der Waals surface area contributed by atoms with Crippen molar-refractivity contribution < 1.29 is 13.9 Å². The topological polar surface area (TPSA) is 51.5 Å². The highest BCUT2D eigenvalue weighted by molar-refractivity contribution is 6.00. The lowest BCUT2D eigenvalue weighted by molar-refractivity contribution is -0.117. The van der Waals surface area contributed by atoms with Crippen LogP contribution < -0.4 is 10.1 Å². The van der Waals surface area contributed by atoms with E-state index in [1.165, 1.54) is 25.7 Å². The molecule has 0 spiro atoms. The molecule has 1 fully saturated rings. The van der Waals surface area contributed by atoms with Gasteiger partial charge in [0.15, 0.2) is 0 Å². The molecular formula is C27H31NO3. The number of fused-ring (bicyclic) bond motifs is 1. The number of furan rings is 1. The van der Waals surface area contributed by atoms with Gasteiger partial charge in [-0.15, -0.1) is 0 Å². The van der Waals surface area contributed by atoms with Crippen molar-refractivity contribution in [1.82, 2.24) is 5.32 Å². The van der Waals surface area contributed by atoms with Gasteiger partial charge in [0.2, 0.25) is 5.91 Å². The Morgan fingerprint density at radius 2 is 1.87 bits per heavy atom. The van der Waals surface area contributed by atoms with Crippen LogP contribution in [-0.2, 0) is 4.79 Å². The SMILES string of the molecule is CCOc1cc2occ(-c3ccccc3)c2cc1/C(C)=C/C(=O)NC1CCCCCC1. The minimum Gasteiger partial charge on any atom is -0.493 e. The van der Waals surface area contributed by atoms with Gasteiger partial charge in [-0.2, -0.15) is 0 Å². The lowest BCUT2D eigenvalue weighted by atomic mass is 9.99. The Labute approximate surface area is 184 Å². The third-order valence-electron chi connectivity index (χ3n) is 6.03. The molecule has 1 aliphatic rings. The van der Waals surface area contributed by atoms with Crippen LogP contribution in [0.15, 0.2) is 59.2 Å². The molecule has 0 radical (unpaired) electrons. The molecule has 0 aliphatic heterocycles. The van der Waals surface area contributed by atoms with Crippen LogP contribution in [0.5, 0.6) is 5.75 Å². The van der Waals surface area contributed by atoms with Crippen LogP contribution >= 0.6 is 0 Å². The Balaban J connectivity index is 1.66. The van der Waals surface area contributed by atoms with E-state index in [0.29, 0.717) is 6.61 Å². The third kappa shape index (κ3) is 5.01. The van der Waals surface area contributed by atoms with Crippen molar-refractivity contribution >= 4 is 22.4 Å². The van der Waals surface area contributed by atoms with Crippen molar-refractivity contribution in [2.75, 3.05) is 6.61 Å². The van der Waals surface area contributed by atoms with Crippen molar-refractivity contribution in [3.63, 3.8) is 0 Å². The number of carbonyl (C=O) groups is 1. The summed E-state index contributed by atoms with van der Waals surface area (Å²) < 4.78 is 11.7. The van der Waals surface area contributed by atoms with Crippen LogP contribution in [0.25, 0.3) is 27.7 Å².